The average Bonchev–Trinajstić information content (AvgIpc) is 3.86. The van der Waals surface area contributed by atoms with Crippen LogP contribution in [0, 0.1) is 0 Å². The Bertz CT molecular complexity index is 3090. The van der Waals surface area contributed by atoms with Gasteiger partial charge in [0.25, 0.3) is 0 Å². The molecule has 0 atom stereocenters. The molecule has 0 radical (unpaired) electrons. The van der Waals surface area contributed by atoms with Crippen LogP contribution in [-0.2, 0) is 0 Å². The molecule has 3 aromatic heterocycles. The summed E-state index contributed by atoms with van der Waals surface area (Å²) in [7, 11) is 0. The van der Waals surface area contributed by atoms with E-state index >= 15 is 0 Å². The molecule has 238 valence electrons. The summed E-state index contributed by atoms with van der Waals surface area (Å²) in [6, 6.07) is 66.5. The van der Waals surface area contributed by atoms with Crippen LogP contribution < -0.4 is 0 Å². The van der Waals surface area contributed by atoms with Crippen molar-refractivity contribution in [3.8, 4) is 33.6 Å². The molecule has 0 aliphatic carbocycles. The Morgan fingerprint density at radius 1 is 0.294 bits per heavy atom. The summed E-state index contributed by atoms with van der Waals surface area (Å²) < 4.78 is 7.50. The van der Waals surface area contributed by atoms with Gasteiger partial charge >= 0.3 is 0 Å². The van der Waals surface area contributed by atoms with Crippen molar-refractivity contribution < 1.29 is 0 Å². The Balaban J connectivity index is 1.10. The zero-order valence-corrected chi connectivity index (χ0v) is 28.4. The summed E-state index contributed by atoms with van der Waals surface area (Å²) in [4.78, 5) is 0. The van der Waals surface area contributed by atoms with E-state index in [1.807, 2.05) is 11.3 Å². The summed E-state index contributed by atoms with van der Waals surface area (Å²) in [5.74, 6) is 0. The van der Waals surface area contributed by atoms with Crippen LogP contribution >= 0.6 is 11.3 Å². The van der Waals surface area contributed by atoms with Crippen molar-refractivity contribution in [2.75, 3.05) is 0 Å². The molecule has 8 aromatic carbocycles. The number of benzene rings is 8. The molecule has 0 amide bonds. The predicted molar refractivity (Wildman–Crippen MR) is 219 cm³/mol. The minimum absolute atomic E-state index is 1.16. The fourth-order valence-corrected chi connectivity index (χ4v) is 9.66. The number of thiophene rings is 1. The number of para-hydroxylation sites is 3. The fraction of sp³-hybridized carbons (Fsp3) is 0. The van der Waals surface area contributed by atoms with Crippen molar-refractivity contribution in [2.24, 2.45) is 0 Å². The van der Waals surface area contributed by atoms with Crippen LogP contribution in [0.15, 0.2) is 182 Å². The zero-order chi connectivity index (χ0) is 33.5. The molecule has 2 nitrogen and oxygen atoms in total. The highest BCUT2D eigenvalue weighted by Crippen LogP contribution is 2.44. The third kappa shape index (κ3) is 4.22. The van der Waals surface area contributed by atoms with Crippen molar-refractivity contribution in [3.63, 3.8) is 0 Å². The Morgan fingerprint density at radius 2 is 0.745 bits per heavy atom. The molecule has 0 fully saturated rings. The average molecular weight is 667 g/mol. The molecule has 0 N–H and O–H groups in total. The minimum atomic E-state index is 1.16. The third-order valence-electron chi connectivity index (χ3n) is 10.5. The van der Waals surface area contributed by atoms with Crippen LogP contribution in [0.5, 0.6) is 0 Å². The molecule has 51 heavy (non-hydrogen) atoms. The monoisotopic (exact) mass is 666 g/mol. The summed E-state index contributed by atoms with van der Waals surface area (Å²) >= 11 is 1.91. The first kappa shape index (κ1) is 28.4. The third-order valence-corrected chi connectivity index (χ3v) is 11.8. The zero-order valence-electron chi connectivity index (χ0n) is 27.6. The van der Waals surface area contributed by atoms with Crippen LogP contribution in [0.3, 0.4) is 0 Å². The molecule has 0 saturated carbocycles. The van der Waals surface area contributed by atoms with Gasteiger partial charge in [-0.25, -0.2) is 0 Å². The molecule has 0 aliphatic rings. The Labute approximate surface area is 298 Å². The van der Waals surface area contributed by atoms with E-state index in [2.05, 4.69) is 191 Å². The van der Waals surface area contributed by atoms with Crippen LogP contribution in [-0.4, -0.2) is 9.13 Å². The van der Waals surface area contributed by atoms with Crippen LogP contribution in [0.25, 0.3) is 97.4 Å². The maximum Gasteiger partial charge on any atom is 0.0542 e. The van der Waals surface area contributed by atoms with Gasteiger partial charge in [-0.1, -0.05) is 133 Å². The van der Waals surface area contributed by atoms with Crippen molar-refractivity contribution >= 4 is 75.1 Å². The molecule has 0 saturated heterocycles. The Kier molecular flexibility index (Phi) is 6.16. The van der Waals surface area contributed by atoms with E-state index < -0.39 is 0 Å². The quantitative estimate of drug-likeness (QED) is 0.177. The minimum Gasteiger partial charge on any atom is -0.309 e. The molecule has 3 heteroatoms. The van der Waals surface area contributed by atoms with Crippen molar-refractivity contribution in [3.05, 3.63) is 182 Å². The van der Waals surface area contributed by atoms with Crippen LogP contribution in [0.2, 0.25) is 0 Å². The first-order chi connectivity index (χ1) is 25.3. The van der Waals surface area contributed by atoms with Crippen LogP contribution in [0.4, 0.5) is 0 Å². The van der Waals surface area contributed by atoms with E-state index in [0.717, 1.165) is 5.69 Å². The first-order valence-corrected chi connectivity index (χ1v) is 18.3. The van der Waals surface area contributed by atoms with E-state index in [1.165, 1.54) is 91.7 Å². The number of nitrogens with zero attached hydrogens (tertiary/aromatic N) is 2. The number of rotatable bonds is 4. The van der Waals surface area contributed by atoms with Gasteiger partial charge in [0.1, 0.15) is 0 Å². The van der Waals surface area contributed by atoms with E-state index in [9.17, 15) is 0 Å². The highest BCUT2D eigenvalue weighted by Gasteiger charge is 2.18. The fourth-order valence-electron chi connectivity index (χ4n) is 8.28. The summed E-state index contributed by atoms with van der Waals surface area (Å²) in [6.45, 7) is 0. The van der Waals surface area contributed by atoms with Crippen molar-refractivity contribution in [1.29, 1.82) is 0 Å². The summed E-state index contributed by atoms with van der Waals surface area (Å²) in [5.41, 5.74) is 12.2. The Morgan fingerprint density at radius 3 is 1.37 bits per heavy atom. The molecule has 0 bridgehead atoms. The molecular formula is C48H30N2S. The lowest BCUT2D eigenvalue weighted by Crippen LogP contribution is -1.96. The predicted octanol–water partition coefficient (Wildman–Crippen LogP) is 13.6. The van der Waals surface area contributed by atoms with Crippen molar-refractivity contribution in [2.45, 2.75) is 0 Å². The van der Waals surface area contributed by atoms with Gasteiger partial charge in [-0.3, -0.25) is 0 Å². The lowest BCUT2D eigenvalue weighted by atomic mass is 10.00. The first-order valence-electron chi connectivity index (χ1n) is 17.4. The van der Waals surface area contributed by atoms with Gasteiger partial charge in [0.15, 0.2) is 0 Å². The van der Waals surface area contributed by atoms with E-state index in [4.69, 9.17) is 0 Å². The molecule has 11 aromatic rings. The molecule has 0 unspecified atom stereocenters. The number of hydrogen-bond acceptors (Lipinski definition) is 1. The molecule has 0 aliphatic heterocycles. The number of hydrogen-bond donors (Lipinski definition) is 0. The maximum atomic E-state index is 2.43. The number of aromatic nitrogens is 2. The second kappa shape index (κ2) is 11.0. The lowest BCUT2D eigenvalue weighted by Gasteiger charge is -2.12. The highest BCUT2D eigenvalue weighted by molar-refractivity contribution is 7.26. The van der Waals surface area contributed by atoms with E-state index in [1.54, 1.807) is 0 Å². The normalized spacial score (nSPS) is 11.9. The van der Waals surface area contributed by atoms with Gasteiger partial charge in [0.2, 0.25) is 0 Å². The summed E-state index contributed by atoms with van der Waals surface area (Å²) in [5, 5.41) is 7.67. The van der Waals surface area contributed by atoms with Crippen molar-refractivity contribution in [1.82, 2.24) is 9.13 Å². The molecule has 11 rings (SSSR count). The van der Waals surface area contributed by atoms with E-state index in [-0.39, 0.29) is 0 Å². The van der Waals surface area contributed by atoms with Gasteiger partial charge in [-0.05, 0) is 70.8 Å². The number of fused-ring (bicyclic) bond motifs is 9. The standard InChI is InChI=1S/C48H30N2S/c1-2-13-31(14-3-1)35-20-11-22-40-41-23-12-21-36(48(41)51-47(35)40)32-15-10-16-33(29-32)49-45-26-9-6-19-39(45)42-30-34(27-28-46(42)49)50-43-24-7-4-17-37(43)38-18-5-8-25-44(38)50/h1-30H. The van der Waals surface area contributed by atoms with Gasteiger partial charge in [-0.15, -0.1) is 11.3 Å². The van der Waals surface area contributed by atoms with Gasteiger partial charge in [-0.2, -0.15) is 0 Å². The van der Waals surface area contributed by atoms with Gasteiger partial charge in [0, 0.05) is 53.1 Å². The smallest absolute Gasteiger partial charge is 0.0542 e. The lowest BCUT2D eigenvalue weighted by molar-refractivity contribution is 1.17. The second-order valence-corrected chi connectivity index (χ2v) is 14.3. The molecular weight excluding hydrogens is 637 g/mol. The largest absolute Gasteiger partial charge is 0.309 e. The Hall–Kier alpha value is -6.42. The van der Waals surface area contributed by atoms with Gasteiger partial charge < -0.3 is 9.13 Å². The maximum absolute atomic E-state index is 2.43. The highest BCUT2D eigenvalue weighted by atomic mass is 32.1. The summed E-state index contributed by atoms with van der Waals surface area (Å²) in [6.07, 6.45) is 0. The molecule has 0 spiro atoms. The topological polar surface area (TPSA) is 9.86 Å². The second-order valence-electron chi connectivity index (χ2n) is 13.3. The molecule has 3 heterocycles. The van der Waals surface area contributed by atoms with Crippen LogP contribution in [0.1, 0.15) is 0 Å². The SMILES string of the molecule is c1ccc(-c2cccc3c2sc2c(-c4cccc(-n5c6ccccc6c6cc(-n7c8ccccc8c8ccccc87)ccc65)c4)cccc23)cc1. The van der Waals surface area contributed by atoms with E-state index in [0.29, 0.717) is 0 Å². The van der Waals surface area contributed by atoms with Gasteiger partial charge in [0.05, 0.1) is 22.1 Å².